The minimum atomic E-state index is -0.708. The van der Waals surface area contributed by atoms with Crippen LogP contribution >= 0.6 is 24.0 Å². The molecule has 4 heterocycles. The van der Waals surface area contributed by atoms with E-state index in [2.05, 4.69) is 48.5 Å². The van der Waals surface area contributed by atoms with Gasteiger partial charge in [0.25, 0.3) is 0 Å². The molecule has 1 amide bonds. The number of amides is 1. The van der Waals surface area contributed by atoms with Gasteiger partial charge in [0.15, 0.2) is 17.2 Å². The van der Waals surface area contributed by atoms with Crippen LogP contribution in [0.4, 0.5) is 27.9 Å². The number of ether oxygens (including phenoxy) is 2. The number of imidazole rings is 1. The van der Waals surface area contributed by atoms with E-state index >= 15 is 0 Å². The lowest BCUT2D eigenvalue weighted by atomic mass is 10.00. The number of aromatic nitrogens is 4. The number of nitriles is 2. The van der Waals surface area contributed by atoms with Crippen LogP contribution in [0.1, 0.15) is 37.4 Å². The molecule has 5 rings (SSSR count). The second-order valence-corrected chi connectivity index (χ2v) is 10.4. The summed E-state index contributed by atoms with van der Waals surface area (Å²) < 4.78 is 12.0. The SMILES string of the molecule is CCNc1nc(Nc2cc(C#N)cc(N3CC[C@@H](NC(=O)OC)[C@H](OC(=O)C4CCCN4)C3)c2Cl)nn2c(C#N)cnc12.Cl. The maximum Gasteiger partial charge on any atom is 0.407 e. The third-order valence-corrected chi connectivity index (χ3v) is 7.65. The molecular weight excluding hydrogens is 613 g/mol. The molecule has 4 N–H and O–H groups in total. The minimum absolute atomic E-state index is 0. The summed E-state index contributed by atoms with van der Waals surface area (Å²) >= 11 is 6.91. The largest absolute Gasteiger partial charge is 0.457 e. The van der Waals surface area contributed by atoms with Crippen molar-refractivity contribution in [1.29, 1.82) is 10.5 Å². The second kappa shape index (κ2) is 14.3. The predicted octanol–water partition coefficient (Wildman–Crippen LogP) is 2.72. The normalized spacial score (nSPS) is 19.3. The predicted molar refractivity (Wildman–Crippen MR) is 163 cm³/mol. The van der Waals surface area contributed by atoms with Crippen molar-refractivity contribution in [3.63, 3.8) is 0 Å². The maximum atomic E-state index is 12.9. The molecule has 2 saturated heterocycles. The maximum absolute atomic E-state index is 12.9. The number of benzene rings is 1. The topological polar surface area (TPSA) is 195 Å². The van der Waals surface area contributed by atoms with Crippen LogP contribution < -0.4 is 26.2 Å². The Morgan fingerprint density at radius 1 is 1.25 bits per heavy atom. The molecule has 2 aromatic heterocycles. The number of piperidine rings is 1. The zero-order chi connectivity index (χ0) is 30.5. The van der Waals surface area contributed by atoms with Crippen LogP contribution in [0.3, 0.4) is 0 Å². The Hall–Kier alpha value is -4.57. The molecule has 0 bridgehead atoms. The summed E-state index contributed by atoms with van der Waals surface area (Å²) in [5.41, 5.74) is 1.80. The lowest BCUT2D eigenvalue weighted by molar-refractivity contribution is -0.152. The van der Waals surface area contributed by atoms with Crippen molar-refractivity contribution < 1.29 is 19.1 Å². The van der Waals surface area contributed by atoms with Crippen LogP contribution in [0.5, 0.6) is 0 Å². The first-order valence-corrected chi connectivity index (χ1v) is 14.2. The standard InChI is InChI=1S/C27H30ClN11O4.ClH/c1-3-31-23-24-33-13-16(12-30)39(24)37-26(36-23)34-19-9-15(11-29)10-20(22(19)28)38-8-6-17(35-27(41)42-2)21(14-38)43-25(40)18-5-4-7-32-18;/h9-10,13,17-18,21,32H,3-8,14H2,1-2H3,(H,35,41)(H2,31,34,36,37);1H/t17-,18?,21-;/m1./s1. The first-order valence-electron chi connectivity index (χ1n) is 13.8. The molecule has 17 heteroatoms. The van der Waals surface area contributed by atoms with Crippen molar-refractivity contribution in [3.05, 3.63) is 34.6 Å². The quantitative estimate of drug-likeness (QED) is 0.262. The van der Waals surface area contributed by atoms with Crippen molar-refractivity contribution in [2.75, 3.05) is 48.8 Å². The molecule has 0 saturated carbocycles. The zero-order valence-corrected chi connectivity index (χ0v) is 25.5. The summed E-state index contributed by atoms with van der Waals surface area (Å²) in [5, 5.41) is 36.1. The molecule has 2 aliphatic rings. The van der Waals surface area contributed by atoms with Crippen LogP contribution in [0.2, 0.25) is 5.02 Å². The molecular formula is C27H31Cl2N11O4. The van der Waals surface area contributed by atoms with Gasteiger partial charge in [-0.05, 0) is 44.9 Å². The van der Waals surface area contributed by atoms with Crippen LogP contribution in [0.25, 0.3) is 5.65 Å². The average Bonchev–Trinajstić information content (AvgIpc) is 3.70. The molecule has 3 atom stereocenters. The molecule has 0 spiro atoms. The third-order valence-electron chi connectivity index (χ3n) is 7.25. The van der Waals surface area contributed by atoms with E-state index in [1.165, 1.54) is 17.8 Å². The number of halogens is 2. The number of hydrogen-bond acceptors (Lipinski definition) is 13. The highest BCUT2D eigenvalue weighted by atomic mass is 35.5. The monoisotopic (exact) mass is 643 g/mol. The van der Waals surface area contributed by atoms with Gasteiger partial charge in [-0.15, -0.1) is 17.5 Å². The van der Waals surface area contributed by atoms with Gasteiger partial charge in [0, 0.05) is 13.1 Å². The van der Waals surface area contributed by atoms with Gasteiger partial charge in [0.05, 0.1) is 53.9 Å². The number of hydrogen-bond donors (Lipinski definition) is 4. The number of rotatable bonds is 8. The van der Waals surface area contributed by atoms with E-state index in [0.29, 0.717) is 54.3 Å². The number of carbonyl (C=O) groups is 2. The Bertz CT molecular complexity index is 1610. The fourth-order valence-electron chi connectivity index (χ4n) is 5.16. The summed E-state index contributed by atoms with van der Waals surface area (Å²) in [6.07, 6.45) is 2.04. The van der Waals surface area contributed by atoms with E-state index in [0.717, 1.165) is 13.0 Å². The molecule has 232 valence electrons. The van der Waals surface area contributed by atoms with Gasteiger partial charge in [-0.25, -0.2) is 9.78 Å². The van der Waals surface area contributed by atoms with E-state index in [1.807, 2.05) is 11.8 Å². The number of carbonyl (C=O) groups excluding carboxylic acids is 2. The van der Waals surface area contributed by atoms with E-state index in [-0.39, 0.29) is 41.6 Å². The highest BCUT2D eigenvalue weighted by Crippen LogP contribution is 2.37. The fourth-order valence-corrected chi connectivity index (χ4v) is 5.43. The van der Waals surface area contributed by atoms with Gasteiger partial charge >= 0.3 is 12.1 Å². The molecule has 0 radical (unpaired) electrons. The Balaban J connectivity index is 0.00000442. The molecule has 15 nitrogen and oxygen atoms in total. The summed E-state index contributed by atoms with van der Waals surface area (Å²) in [4.78, 5) is 35.6. The Kier molecular flexibility index (Phi) is 10.5. The van der Waals surface area contributed by atoms with Gasteiger partial charge in [-0.1, -0.05) is 11.6 Å². The molecule has 2 fully saturated rings. The highest BCUT2D eigenvalue weighted by molar-refractivity contribution is 6.36. The minimum Gasteiger partial charge on any atom is -0.457 e. The number of nitrogens with one attached hydrogen (secondary N) is 4. The van der Waals surface area contributed by atoms with E-state index in [9.17, 15) is 20.1 Å². The van der Waals surface area contributed by atoms with E-state index in [4.69, 9.17) is 21.1 Å². The molecule has 2 aliphatic heterocycles. The summed E-state index contributed by atoms with van der Waals surface area (Å²) in [6.45, 7) is 3.83. The lowest BCUT2D eigenvalue weighted by Crippen LogP contribution is -2.56. The second-order valence-electron chi connectivity index (χ2n) is 10.0. The highest BCUT2D eigenvalue weighted by Gasteiger charge is 2.36. The Labute approximate surface area is 264 Å². The van der Waals surface area contributed by atoms with Crippen molar-refractivity contribution in [2.45, 2.75) is 44.4 Å². The third kappa shape index (κ3) is 6.81. The van der Waals surface area contributed by atoms with E-state index < -0.39 is 24.3 Å². The smallest absolute Gasteiger partial charge is 0.407 e. The zero-order valence-electron chi connectivity index (χ0n) is 24.0. The van der Waals surface area contributed by atoms with Crippen molar-refractivity contribution in [1.82, 2.24) is 30.2 Å². The van der Waals surface area contributed by atoms with Gasteiger partial charge in [0.2, 0.25) is 5.95 Å². The van der Waals surface area contributed by atoms with Crippen molar-refractivity contribution in [2.24, 2.45) is 0 Å². The van der Waals surface area contributed by atoms with Gasteiger partial charge < -0.3 is 35.6 Å². The van der Waals surface area contributed by atoms with Crippen molar-refractivity contribution in [3.8, 4) is 12.1 Å². The first kappa shape index (κ1) is 32.3. The molecule has 1 aromatic carbocycles. The van der Waals surface area contributed by atoms with Gasteiger partial charge in [0.1, 0.15) is 18.2 Å². The number of alkyl carbamates (subject to hydrolysis) is 1. The van der Waals surface area contributed by atoms with Gasteiger partial charge in [-0.2, -0.15) is 20.0 Å². The fraction of sp³-hybridized carbons (Fsp3) is 0.444. The van der Waals surface area contributed by atoms with E-state index in [1.54, 1.807) is 12.1 Å². The molecule has 3 aromatic rings. The van der Waals surface area contributed by atoms with Crippen molar-refractivity contribution >= 4 is 64.9 Å². The first-order chi connectivity index (χ1) is 20.8. The summed E-state index contributed by atoms with van der Waals surface area (Å²) in [6, 6.07) is 6.53. The number of fused-ring (bicyclic) bond motifs is 1. The number of esters is 1. The summed E-state index contributed by atoms with van der Waals surface area (Å²) in [7, 11) is 1.27. The molecule has 44 heavy (non-hydrogen) atoms. The van der Waals surface area contributed by atoms with Crippen LogP contribution in [0.15, 0.2) is 18.3 Å². The Morgan fingerprint density at radius 2 is 2.07 bits per heavy atom. The van der Waals surface area contributed by atoms with Crippen LogP contribution in [-0.4, -0.2) is 83.1 Å². The number of nitrogens with zero attached hydrogens (tertiary/aromatic N) is 7. The number of methoxy groups -OCH3 is 1. The Morgan fingerprint density at radius 3 is 2.75 bits per heavy atom. The number of anilines is 4. The summed E-state index contributed by atoms with van der Waals surface area (Å²) in [5.74, 6) is 0.147. The molecule has 0 aliphatic carbocycles. The van der Waals surface area contributed by atoms with Gasteiger partial charge in [-0.3, -0.25) is 4.79 Å². The van der Waals surface area contributed by atoms with Crippen LogP contribution in [0, 0.1) is 22.7 Å². The lowest BCUT2D eigenvalue weighted by Gasteiger charge is -2.40. The average molecular weight is 645 g/mol. The molecule has 1 unspecified atom stereocenters. The van der Waals surface area contributed by atoms with Crippen LogP contribution in [-0.2, 0) is 14.3 Å².